The Morgan fingerprint density at radius 1 is 1.56 bits per heavy atom. The van der Waals surface area contributed by atoms with E-state index in [-0.39, 0.29) is 29.8 Å². The molecule has 94 valence electrons. The minimum Gasteiger partial charge on any atom is -0.506 e. The molecule has 0 amide bonds. The van der Waals surface area contributed by atoms with Crippen LogP contribution < -0.4 is 5.73 Å². The summed E-state index contributed by atoms with van der Waals surface area (Å²) in [4.78, 5) is 15.2. The van der Waals surface area contributed by atoms with E-state index in [0.29, 0.717) is 5.56 Å². The normalized spacial score (nSPS) is 10.3. The first kappa shape index (κ1) is 11.9. The van der Waals surface area contributed by atoms with Gasteiger partial charge in [-0.25, -0.2) is 4.79 Å². The second-order valence-electron chi connectivity index (χ2n) is 3.42. The smallest absolute Gasteiger partial charge is 0.379 e. The molecule has 1 heterocycles. The maximum absolute atomic E-state index is 11.3. The number of aromatic hydroxyl groups is 1. The van der Waals surface area contributed by atoms with Crippen molar-refractivity contribution in [3.8, 4) is 17.2 Å². The Morgan fingerprint density at radius 2 is 2.33 bits per heavy atom. The van der Waals surface area contributed by atoms with Gasteiger partial charge in [0.1, 0.15) is 5.75 Å². The van der Waals surface area contributed by atoms with E-state index in [0.717, 1.165) is 0 Å². The molecule has 0 atom stereocenters. The lowest BCUT2D eigenvalue weighted by molar-refractivity contribution is 0.0508. The van der Waals surface area contributed by atoms with Crippen molar-refractivity contribution in [2.45, 2.75) is 6.92 Å². The minimum absolute atomic E-state index is 0.0941. The summed E-state index contributed by atoms with van der Waals surface area (Å²) in [6.07, 6.45) is 0. The molecule has 0 aliphatic heterocycles. The van der Waals surface area contributed by atoms with Gasteiger partial charge < -0.3 is 20.1 Å². The van der Waals surface area contributed by atoms with Crippen LogP contribution in [-0.4, -0.2) is 27.8 Å². The lowest BCUT2D eigenvalue weighted by Gasteiger charge is -1.99. The van der Waals surface area contributed by atoms with E-state index in [1.807, 2.05) is 0 Å². The van der Waals surface area contributed by atoms with Crippen LogP contribution in [0.4, 0.5) is 5.69 Å². The van der Waals surface area contributed by atoms with Gasteiger partial charge in [-0.1, -0.05) is 0 Å². The van der Waals surface area contributed by atoms with Crippen molar-refractivity contribution in [3.05, 3.63) is 24.0 Å². The fourth-order valence-corrected chi connectivity index (χ4v) is 1.30. The van der Waals surface area contributed by atoms with Crippen molar-refractivity contribution in [1.82, 2.24) is 10.1 Å². The van der Waals surface area contributed by atoms with E-state index in [1.54, 1.807) is 13.0 Å². The number of hydrogen-bond acceptors (Lipinski definition) is 7. The van der Waals surface area contributed by atoms with Gasteiger partial charge in [0.25, 0.3) is 11.7 Å². The van der Waals surface area contributed by atoms with Crippen LogP contribution in [0.5, 0.6) is 5.75 Å². The second kappa shape index (κ2) is 4.74. The number of rotatable bonds is 3. The molecule has 0 unspecified atom stereocenters. The summed E-state index contributed by atoms with van der Waals surface area (Å²) in [6.45, 7) is 1.91. The predicted molar refractivity (Wildman–Crippen MR) is 61.8 cm³/mol. The van der Waals surface area contributed by atoms with Crippen LogP contribution in [-0.2, 0) is 4.74 Å². The number of esters is 1. The van der Waals surface area contributed by atoms with Crippen LogP contribution in [0.1, 0.15) is 17.5 Å². The topological polar surface area (TPSA) is 111 Å². The minimum atomic E-state index is -0.660. The number of nitrogens with zero attached hydrogens (tertiary/aromatic N) is 2. The summed E-state index contributed by atoms with van der Waals surface area (Å²) in [6, 6.07) is 4.47. The molecule has 0 aliphatic rings. The van der Waals surface area contributed by atoms with Gasteiger partial charge >= 0.3 is 5.97 Å². The number of carbonyl (C=O) groups is 1. The molecule has 0 fully saturated rings. The third-order valence-corrected chi connectivity index (χ3v) is 2.16. The highest BCUT2D eigenvalue weighted by Gasteiger charge is 2.17. The van der Waals surface area contributed by atoms with Crippen LogP contribution in [0.25, 0.3) is 11.5 Å². The molecule has 7 nitrogen and oxygen atoms in total. The standard InChI is InChI=1S/C11H11N3O4/c1-2-17-11(16)9-13-10(18-14-9)6-3-4-7(12)8(15)5-6/h3-5,15H,2,12H2,1H3. The number of anilines is 1. The first-order valence-corrected chi connectivity index (χ1v) is 5.21. The number of nitrogen functional groups attached to an aromatic ring is 1. The van der Waals surface area contributed by atoms with Crippen LogP contribution in [0.3, 0.4) is 0 Å². The van der Waals surface area contributed by atoms with E-state index >= 15 is 0 Å². The third-order valence-electron chi connectivity index (χ3n) is 2.16. The van der Waals surface area contributed by atoms with Crippen LogP contribution in [0, 0.1) is 0 Å². The molecule has 0 spiro atoms. The SMILES string of the molecule is CCOC(=O)c1noc(-c2ccc(N)c(O)c2)n1. The molecular weight excluding hydrogens is 238 g/mol. The average Bonchev–Trinajstić information content (AvgIpc) is 2.82. The van der Waals surface area contributed by atoms with E-state index in [1.165, 1.54) is 12.1 Å². The Balaban J connectivity index is 2.29. The van der Waals surface area contributed by atoms with Gasteiger partial charge in [0.05, 0.1) is 12.3 Å². The molecular formula is C11H11N3O4. The molecule has 18 heavy (non-hydrogen) atoms. The lowest BCUT2D eigenvalue weighted by atomic mass is 10.2. The van der Waals surface area contributed by atoms with E-state index < -0.39 is 5.97 Å². The van der Waals surface area contributed by atoms with Crippen molar-refractivity contribution in [3.63, 3.8) is 0 Å². The van der Waals surface area contributed by atoms with Crippen LogP contribution in [0.15, 0.2) is 22.7 Å². The van der Waals surface area contributed by atoms with Gasteiger partial charge in [0.15, 0.2) is 0 Å². The van der Waals surface area contributed by atoms with Gasteiger partial charge in [-0.05, 0) is 30.3 Å². The summed E-state index contributed by atoms with van der Waals surface area (Å²) in [5, 5.41) is 12.9. The zero-order valence-electron chi connectivity index (χ0n) is 9.58. The Hall–Kier alpha value is -2.57. The highest BCUT2D eigenvalue weighted by Crippen LogP contribution is 2.26. The van der Waals surface area contributed by atoms with Crippen molar-refractivity contribution in [2.24, 2.45) is 0 Å². The lowest BCUT2D eigenvalue weighted by Crippen LogP contribution is -2.06. The number of nitrogens with two attached hydrogens (primary N) is 1. The van der Waals surface area contributed by atoms with Gasteiger partial charge in [-0.3, -0.25) is 0 Å². The molecule has 0 saturated heterocycles. The molecule has 1 aromatic carbocycles. The van der Waals surface area contributed by atoms with Crippen LogP contribution >= 0.6 is 0 Å². The summed E-state index contributed by atoms with van der Waals surface area (Å²) in [5.41, 5.74) is 6.17. The summed E-state index contributed by atoms with van der Waals surface area (Å²) >= 11 is 0. The fraction of sp³-hybridized carbons (Fsp3) is 0.182. The molecule has 0 bridgehead atoms. The molecule has 7 heteroatoms. The number of phenols is 1. The van der Waals surface area contributed by atoms with Gasteiger partial charge in [0.2, 0.25) is 0 Å². The number of phenolic OH excluding ortho intramolecular Hbond substituents is 1. The molecule has 0 saturated carbocycles. The number of ether oxygens (including phenoxy) is 1. The maximum atomic E-state index is 11.3. The molecule has 2 rings (SSSR count). The predicted octanol–water partition coefficient (Wildman–Crippen LogP) is 1.20. The monoisotopic (exact) mass is 249 g/mol. The first-order valence-electron chi connectivity index (χ1n) is 5.21. The molecule has 2 aromatic rings. The second-order valence-corrected chi connectivity index (χ2v) is 3.42. The molecule has 0 aliphatic carbocycles. The summed E-state index contributed by atoms with van der Waals surface area (Å²) < 4.78 is 9.63. The fourth-order valence-electron chi connectivity index (χ4n) is 1.30. The Kier molecular flexibility index (Phi) is 3.13. The van der Waals surface area contributed by atoms with Crippen molar-refractivity contribution < 1.29 is 19.2 Å². The average molecular weight is 249 g/mol. The molecule has 1 aromatic heterocycles. The zero-order valence-corrected chi connectivity index (χ0v) is 9.58. The Morgan fingerprint density at radius 3 is 3.00 bits per heavy atom. The number of aromatic nitrogens is 2. The van der Waals surface area contributed by atoms with Crippen LogP contribution in [0.2, 0.25) is 0 Å². The first-order chi connectivity index (χ1) is 8.61. The molecule has 3 N–H and O–H groups in total. The van der Waals surface area contributed by atoms with E-state index in [9.17, 15) is 9.90 Å². The highest BCUT2D eigenvalue weighted by molar-refractivity contribution is 5.85. The van der Waals surface area contributed by atoms with E-state index in [2.05, 4.69) is 10.1 Å². The Bertz CT molecular complexity index is 579. The van der Waals surface area contributed by atoms with E-state index in [4.69, 9.17) is 15.0 Å². The quantitative estimate of drug-likeness (QED) is 0.477. The number of hydrogen-bond donors (Lipinski definition) is 2. The van der Waals surface area contributed by atoms with Crippen molar-refractivity contribution in [1.29, 1.82) is 0 Å². The van der Waals surface area contributed by atoms with Gasteiger partial charge in [0, 0.05) is 5.56 Å². The number of benzene rings is 1. The van der Waals surface area contributed by atoms with Gasteiger partial charge in [-0.2, -0.15) is 4.98 Å². The summed E-state index contributed by atoms with van der Waals surface area (Å²) in [7, 11) is 0. The van der Waals surface area contributed by atoms with Gasteiger partial charge in [-0.15, -0.1) is 0 Å². The maximum Gasteiger partial charge on any atom is 0.379 e. The third kappa shape index (κ3) is 2.24. The largest absolute Gasteiger partial charge is 0.506 e. The number of carbonyl (C=O) groups excluding carboxylic acids is 1. The zero-order chi connectivity index (χ0) is 13.1. The Labute approximate surface area is 102 Å². The summed E-state index contributed by atoms with van der Waals surface area (Å²) in [5.74, 6) is -0.813. The highest BCUT2D eigenvalue weighted by atomic mass is 16.5. The molecule has 0 radical (unpaired) electrons. The van der Waals surface area contributed by atoms with Crippen molar-refractivity contribution in [2.75, 3.05) is 12.3 Å². The van der Waals surface area contributed by atoms with Crippen molar-refractivity contribution >= 4 is 11.7 Å².